The molecule has 0 amide bonds. The van der Waals surface area contributed by atoms with Crippen LogP contribution in [0.1, 0.15) is 81.1 Å². The van der Waals surface area contributed by atoms with Crippen molar-refractivity contribution in [2.45, 2.75) is 75.6 Å². The second-order valence-electron chi connectivity index (χ2n) is 6.35. The minimum Gasteiger partial charge on any atom is -0.492 e. The molecule has 1 unspecified atom stereocenters. The molecule has 0 aliphatic rings. The summed E-state index contributed by atoms with van der Waals surface area (Å²) in [4.78, 5) is 11.4. The fraction of sp³-hybridized carbons (Fsp3) is 0.650. The zero-order chi connectivity index (χ0) is 17.8. The van der Waals surface area contributed by atoms with Crippen molar-refractivity contribution in [2.75, 3.05) is 6.61 Å². The van der Waals surface area contributed by atoms with Gasteiger partial charge in [0.15, 0.2) is 0 Å². The Labute approximate surface area is 160 Å². The van der Waals surface area contributed by atoms with Gasteiger partial charge in [0.1, 0.15) is 11.3 Å². The summed E-state index contributed by atoms with van der Waals surface area (Å²) in [6, 6.07) is 5.44. The molecule has 0 radical (unpaired) electrons. The number of carboxylic acid groups (broad SMARTS) is 1. The van der Waals surface area contributed by atoms with Crippen LogP contribution in [0.25, 0.3) is 0 Å². The van der Waals surface area contributed by atoms with E-state index in [1.807, 2.05) is 12.1 Å². The first-order valence-corrected chi connectivity index (χ1v) is 10.5. The smallest absolute Gasteiger partial charge is 0.339 e. The zero-order valence-electron chi connectivity index (χ0n) is 15.0. The Morgan fingerprint density at radius 2 is 1.83 bits per heavy atom. The van der Waals surface area contributed by atoms with Crippen LogP contribution >= 0.6 is 22.6 Å². The number of carboxylic acids is 1. The predicted octanol–water partition coefficient (Wildman–Crippen LogP) is 6.27. The Kier molecular flexibility index (Phi) is 11.1. The predicted molar refractivity (Wildman–Crippen MR) is 109 cm³/mol. The summed E-state index contributed by atoms with van der Waals surface area (Å²) in [5.41, 5.74) is 1.40. The Morgan fingerprint density at radius 1 is 1.12 bits per heavy atom. The second kappa shape index (κ2) is 12.6. The average Bonchev–Trinajstić information content (AvgIpc) is 2.56. The van der Waals surface area contributed by atoms with E-state index in [9.17, 15) is 9.90 Å². The third-order valence-corrected chi connectivity index (χ3v) is 5.09. The molecule has 0 aliphatic heterocycles. The van der Waals surface area contributed by atoms with Crippen molar-refractivity contribution in [3.63, 3.8) is 0 Å². The molecular formula is C20H31IO3. The largest absolute Gasteiger partial charge is 0.492 e. The third kappa shape index (κ3) is 8.36. The molecule has 1 N–H and O–H groups in total. The molecule has 4 heteroatoms. The molecule has 0 fully saturated rings. The summed E-state index contributed by atoms with van der Waals surface area (Å²) in [6.45, 7) is 4.93. The standard InChI is InChI=1S/C20H31IO3/c1-3-5-6-7-8-9-11-17(21)15-24-19-14-16(10-4-2)12-13-18(19)20(22)23/h12-14,17H,3-11,15H2,1-2H3,(H,22,23). The molecule has 136 valence electrons. The molecule has 0 spiro atoms. The van der Waals surface area contributed by atoms with Crippen LogP contribution in [0.5, 0.6) is 5.75 Å². The van der Waals surface area contributed by atoms with E-state index < -0.39 is 5.97 Å². The van der Waals surface area contributed by atoms with Gasteiger partial charge in [0.2, 0.25) is 0 Å². The van der Waals surface area contributed by atoms with E-state index in [1.165, 1.54) is 38.5 Å². The van der Waals surface area contributed by atoms with Crippen molar-refractivity contribution in [2.24, 2.45) is 0 Å². The monoisotopic (exact) mass is 446 g/mol. The maximum atomic E-state index is 11.4. The van der Waals surface area contributed by atoms with E-state index in [4.69, 9.17) is 4.74 Å². The highest BCUT2D eigenvalue weighted by Gasteiger charge is 2.14. The molecule has 3 nitrogen and oxygen atoms in total. The molecule has 1 atom stereocenters. The SMILES string of the molecule is CCCCCCCCC(I)COc1cc(CCC)ccc1C(=O)O. The molecule has 0 saturated carbocycles. The first kappa shape index (κ1) is 21.3. The van der Waals surface area contributed by atoms with E-state index in [-0.39, 0.29) is 5.56 Å². The van der Waals surface area contributed by atoms with E-state index in [0.29, 0.717) is 16.3 Å². The minimum absolute atomic E-state index is 0.262. The summed E-state index contributed by atoms with van der Waals surface area (Å²) in [6.07, 6.45) is 10.9. The number of aromatic carboxylic acids is 1. The van der Waals surface area contributed by atoms with E-state index in [1.54, 1.807) is 6.07 Å². The van der Waals surface area contributed by atoms with Crippen molar-refractivity contribution in [3.05, 3.63) is 29.3 Å². The molecule has 0 bridgehead atoms. The minimum atomic E-state index is -0.922. The Balaban J connectivity index is 2.44. The van der Waals surface area contributed by atoms with Crippen molar-refractivity contribution in [1.82, 2.24) is 0 Å². The Hall–Kier alpha value is -0.780. The van der Waals surface area contributed by atoms with Crippen LogP contribution in [0.3, 0.4) is 0 Å². The van der Waals surface area contributed by atoms with Crippen LogP contribution in [-0.2, 0) is 6.42 Å². The fourth-order valence-electron chi connectivity index (χ4n) is 2.72. The van der Waals surface area contributed by atoms with Crippen molar-refractivity contribution in [3.8, 4) is 5.75 Å². The maximum Gasteiger partial charge on any atom is 0.339 e. The van der Waals surface area contributed by atoms with Crippen LogP contribution in [0, 0.1) is 0 Å². The normalized spacial score (nSPS) is 12.1. The first-order chi connectivity index (χ1) is 11.6. The lowest BCUT2D eigenvalue weighted by Gasteiger charge is -2.14. The molecule has 24 heavy (non-hydrogen) atoms. The summed E-state index contributed by atoms with van der Waals surface area (Å²) in [5.74, 6) is -0.410. The number of ether oxygens (including phenoxy) is 1. The molecule has 1 aromatic rings. The van der Waals surface area contributed by atoms with Crippen LogP contribution in [0.2, 0.25) is 0 Å². The number of alkyl halides is 1. The highest BCUT2D eigenvalue weighted by atomic mass is 127. The summed E-state index contributed by atoms with van der Waals surface area (Å²) >= 11 is 2.42. The van der Waals surface area contributed by atoms with Crippen molar-refractivity contribution < 1.29 is 14.6 Å². The maximum absolute atomic E-state index is 11.4. The molecule has 0 aromatic heterocycles. The number of benzene rings is 1. The van der Waals surface area contributed by atoms with Gasteiger partial charge < -0.3 is 9.84 Å². The van der Waals surface area contributed by atoms with Gasteiger partial charge in [0, 0.05) is 3.92 Å². The van der Waals surface area contributed by atoms with Gasteiger partial charge in [-0.2, -0.15) is 0 Å². The van der Waals surface area contributed by atoms with E-state index >= 15 is 0 Å². The van der Waals surface area contributed by atoms with Crippen LogP contribution in [0.4, 0.5) is 0 Å². The molecule has 0 aliphatic carbocycles. The topological polar surface area (TPSA) is 46.5 Å². The number of halogens is 1. The van der Waals surface area contributed by atoms with Gasteiger partial charge in [0.25, 0.3) is 0 Å². The third-order valence-electron chi connectivity index (χ3n) is 4.11. The number of hydrogen-bond acceptors (Lipinski definition) is 2. The average molecular weight is 446 g/mol. The van der Waals surface area contributed by atoms with Gasteiger partial charge in [-0.1, -0.05) is 87.5 Å². The van der Waals surface area contributed by atoms with Crippen LogP contribution in [0.15, 0.2) is 18.2 Å². The summed E-state index contributed by atoms with van der Waals surface area (Å²) in [7, 11) is 0. The van der Waals surface area contributed by atoms with Gasteiger partial charge >= 0.3 is 5.97 Å². The van der Waals surface area contributed by atoms with Crippen molar-refractivity contribution >= 4 is 28.6 Å². The van der Waals surface area contributed by atoms with Gasteiger partial charge in [-0.3, -0.25) is 0 Å². The lowest BCUT2D eigenvalue weighted by atomic mass is 10.1. The number of unbranched alkanes of at least 4 members (excludes halogenated alkanes) is 5. The molecule has 1 rings (SSSR count). The van der Waals surface area contributed by atoms with Crippen molar-refractivity contribution in [1.29, 1.82) is 0 Å². The Morgan fingerprint density at radius 3 is 2.50 bits per heavy atom. The van der Waals surface area contributed by atoms with E-state index in [2.05, 4.69) is 36.4 Å². The van der Waals surface area contributed by atoms with Gasteiger partial charge in [0.05, 0.1) is 6.61 Å². The van der Waals surface area contributed by atoms with E-state index in [0.717, 1.165) is 24.8 Å². The highest BCUT2D eigenvalue weighted by Crippen LogP contribution is 2.23. The second-order valence-corrected chi connectivity index (χ2v) is 8.11. The summed E-state index contributed by atoms with van der Waals surface area (Å²) in [5, 5.41) is 9.31. The number of aryl methyl sites for hydroxylation is 1. The van der Waals surface area contributed by atoms with Gasteiger partial charge in [-0.25, -0.2) is 4.79 Å². The molecular weight excluding hydrogens is 415 g/mol. The molecule has 1 aromatic carbocycles. The lowest BCUT2D eigenvalue weighted by molar-refractivity contribution is 0.0692. The van der Waals surface area contributed by atoms with Gasteiger partial charge in [-0.05, 0) is 30.5 Å². The summed E-state index contributed by atoms with van der Waals surface area (Å²) < 4.78 is 6.28. The number of rotatable bonds is 13. The highest BCUT2D eigenvalue weighted by molar-refractivity contribution is 14.1. The van der Waals surface area contributed by atoms with Crippen LogP contribution < -0.4 is 4.74 Å². The molecule has 0 heterocycles. The zero-order valence-corrected chi connectivity index (χ0v) is 17.2. The first-order valence-electron chi connectivity index (χ1n) is 9.21. The quantitative estimate of drug-likeness (QED) is 0.221. The molecule has 0 saturated heterocycles. The van der Waals surface area contributed by atoms with Gasteiger partial charge in [-0.15, -0.1) is 0 Å². The number of hydrogen-bond donors (Lipinski definition) is 1. The number of carbonyl (C=O) groups is 1. The lowest BCUT2D eigenvalue weighted by Crippen LogP contribution is -2.13. The van der Waals surface area contributed by atoms with Crippen LogP contribution in [-0.4, -0.2) is 21.6 Å². The Bertz CT molecular complexity index is 488. The fourth-order valence-corrected chi connectivity index (χ4v) is 3.34.